The lowest BCUT2D eigenvalue weighted by Gasteiger charge is -2.28. The first-order valence-corrected chi connectivity index (χ1v) is 11.4. The van der Waals surface area contributed by atoms with Crippen LogP contribution in [0.15, 0.2) is 59.3 Å². The van der Waals surface area contributed by atoms with E-state index in [2.05, 4.69) is 0 Å². The van der Waals surface area contributed by atoms with Crippen LogP contribution in [-0.2, 0) is 29.7 Å². The Bertz CT molecular complexity index is 1090. The molecule has 2 aromatic heterocycles. The molecule has 0 atom stereocenters. The summed E-state index contributed by atoms with van der Waals surface area (Å²) in [5.74, 6) is 1.13. The summed E-state index contributed by atoms with van der Waals surface area (Å²) in [5, 5.41) is 0. The lowest BCUT2D eigenvalue weighted by Crippen LogP contribution is -2.43. The summed E-state index contributed by atoms with van der Waals surface area (Å²) < 4.78 is 23.3. The third-order valence-electron chi connectivity index (χ3n) is 5.71. The topological polar surface area (TPSA) is 86.4 Å². The number of amides is 2. The summed E-state index contributed by atoms with van der Waals surface area (Å²) >= 11 is 0. The van der Waals surface area contributed by atoms with E-state index in [-0.39, 0.29) is 18.4 Å². The molecule has 2 amide bonds. The van der Waals surface area contributed by atoms with Gasteiger partial charge in [-0.2, -0.15) is 0 Å². The van der Waals surface area contributed by atoms with Crippen LogP contribution >= 0.6 is 0 Å². The van der Waals surface area contributed by atoms with Crippen molar-refractivity contribution in [3.63, 3.8) is 0 Å². The van der Waals surface area contributed by atoms with Crippen LogP contribution in [0.25, 0.3) is 0 Å². The standard InChI is InChI=1S/C26H33N3O6/c1-27-12-5-8-20(27)17-29(18-22-9-6-15-35-22)25(30)19-28(13-7-14-32-2)26(31)23-11-10-21(33-3)16-24(23)34-4/h5-6,8-12,15-16H,7,13-14,17-19H2,1-4H3. The molecule has 3 aromatic rings. The van der Waals surface area contributed by atoms with Gasteiger partial charge in [-0.25, -0.2) is 0 Å². The minimum atomic E-state index is -0.300. The Labute approximate surface area is 205 Å². The maximum absolute atomic E-state index is 13.5. The van der Waals surface area contributed by atoms with Crippen molar-refractivity contribution in [2.24, 2.45) is 7.05 Å². The Hall–Kier alpha value is -3.72. The molecule has 0 saturated carbocycles. The summed E-state index contributed by atoms with van der Waals surface area (Å²) in [5.41, 5.74) is 1.33. The molecule has 0 aliphatic rings. The molecule has 0 unspecified atom stereocenters. The first-order chi connectivity index (χ1) is 17.0. The number of aromatic nitrogens is 1. The fourth-order valence-electron chi connectivity index (χ4n) is 3.74. The van der Waals surface area contributed by atoms with Gasteiger partial charge in [-0.05, 0) is 42.8 Å². The number of rotatable bonds is 13. The van der Waals surface area contributed by atoms with Crippen molar-refractivity contribution in [3.05, 3.63) is 71.9 Å². The van der Waals surface area contributed by atoms with Crippen LogP contribution in [-0.4, -0.2) is 67.2 Å². The second kappa shape index (κ2) is 12.7. The molecule has 0 radical (unpaired) electrons. The first kappa shape index (κ1) is 25.9. The predicted octanol–water partition coefficient (Wildman–Crippen LogP) is 3.34. The SMILES string of the molecule is COCCCN(CC(=O)N(Cc1ccco1)Cc1cccn1C)C(=O)c1ccc(OC)cc1OC. The predicted molar refractivity (Wildman–Crippen MR) is 130 cm³/mol. The maximum Gasteiger partial charge on any atom is 0.258 e. The van der Waals surface area contributed by atoms with Gasteiger partial charge in [-0.1, -0.05) is 0 Å². The zero-order valence-electron chi connectivity index (χ0n) is 20.7. The van der Waals surface area contributed by atoms with Crippen LogP contribution in [0.4, 0.5) is 0 Å². The highest BCUT2D eigenvalue weighted by Crippen LogP contribution is 2.26. The number of carbonyl (C=O) groups is 2. The van der Waals surface area contributed by atoms with Crippen molar-refractivity contribution in [3.8, 4) is 11.5 Å². The largest absolute Gasteiger partial charge is 0.497 e. The van der Waals surface area contributed by atoms with E-state index in [1.54, 1.807) is 49.6 Å². The van der Waals surface area contributed by atoms with Gasteiger partial charge in [0, 0.05) is 45.3 Å². The molecule has 0 saturated heterocycles. The molecule has 1 aromatic carbocycles. The molecular weight excluding hydrogens is 450 g/mol. The van der Waals surface area contributed by atoms with E-state index in [1.165, 1.54) is 12.0 Å². The normalized spacial score (nSPS) is 10.7. The average Bonchev–Trinajstić information content (AvgIpc) is 3.53. The highest BCUT2D eigenvalue weighted by molar-refractivity contribution is 5.99. The molecule has 3 rings (SSSR count). The van der Waals surface area contributed by atoms with Crippen LogP contribution in [0.5, 0.6) is 11.5 Å². The lowest BCUT2D eigenvalue weighted by atomic mass is 10.1. The minimum Gasteiger partial charge on any atom is -0.497 e. The minimum absolute atomic E-state index is 0.0944. The van der Waals surface area contributed by atoms with Gasteiger partial charge in [0.1, 0.15) is 23.8 Å². The summed E-state index contributed by atoms with van der Waals surface area (Å²) in [6, 6.07) is 12.5. The van der Waals surface area contributed by atoms with Crippen molar-refractivity contribution in [1.29, 1.82) is 0 Å². The van der Waals surface area contributed by atoms with E-state index in [0.29, 0.717) is 55.5 Å². The van der Waals surface area contributed by atoms with Crippen LogP contribution in [0.2, 0.25) is 0 Å². The number of carbonyl (C=O) groups excluding carboxylic acids is 2. The van der Waals surface area contributed by atoms with Gasteiger partial charge >= 0.3 is 0 Å². The molecule has 35 heavy (non-hydrogen) atoms. The van der Waals surface area contributed by atoms with Gasteiger partial charge in [0.05, 0.1) is 39.1 Å². The molecule has 2 heterocycles. The molecule has 0 fully saturated rings. The molecule has 9 heteroatoms. The summed E-state index contributed by atoms with van der Waals surface area (Å²) in [6.07, 6.45) is 4.10. The number of hydrogen-bond acceptors (Lipinski definition) is 6. The molecule has 0 aliphatic carbocycles. The third-order valence-corrected chi connectivity index (χ3v) is 5.71. The summed E-state index contributed by atoms with van der Waals surface area (Å²) in [6.45, 7) is 1.41. The van der Waals surface area contributed by atoms with Crippen LogP contribution in [0.3, 0.4) is 0 Å². The Balaban J connectivity index is 1.84. The Morgan fingerprint density at radius 1 is 1.00 bits per heavy atom. The highest BCUT2D eigenvalue weighted by atomic mass is 16.5. The quantitative estimate of drug-likeness (QED) is 0.347. The second-order valence-electron chi connectivity index (χ2n) is 8.08. The Morgan fingerprint density at radius 3 is 2.46 bits per heavy atom. The van der Waals surface area contributed by atoms with Crippen molar-refractivity contribution in [1.82, 2.24) is 14.4 Å². The second-order valence-corrected chi connectivity index (χ2v) is 8.08. The number of furan rings is 1. The molecule has 188 valence electrons. The zero-order valence-corrected chi connectivity index (χ0v) is 20.7. The van der Waals surface area contributed by atoms with E-state index < -0.39 is 0 Å². The van der Waals surface area contributed by atoms with Gasteiger partial charge in [-0.15, -0.1) is 0 Å². The van der Waals surface area contributed by atoms with E-state index in [4.69, 9.17) is 18.6 Å². The van der Waals surface area contributed by atoms with E-state index in [0.717, 1.165) is 5.69 Å². The van der Waals surface area contributed by atoms with Crippen LogP contribution in [0, 0.1) is 0 Å². The van der Waals surface area contributed by atoms with Crippen LogP contribution < -0.4 is 9.47 Å². The third kappa shape index (κ3) is 6.89. The summed E-state index contributed by atoms with van der Waals surface area (Å²) in [4.78, 5) is 30.3. The van der Waals surface area contributed by atoms with Crippen molar-refractivity contribution in [2.45, 2.75) is 19.5 Å². The molecular formula is C26H33N3O6. The van der Waals surface area contributed by atoms with Gasteiger partial charge in [0.25, 0.3) is 5.91 Å². The van der Waals surface area contributed by atoms with E-state index in [1.807, 2.05) is 36.0 Å². The van der Waals surface area contributed by atoms with Gasteiger partial charge in [0.15, 0.2) is 0 Å². The summed E-state index contributed by atoms with van der Waals surface area (Å²) in [7, 11) is 6.58. The van der Waals surface area contributed by atoms with Crippen molar-refractivity contribution >= 4 is 11.8 Å². The highest BCUT2D eigenvalue weighted by Gasteiger charge is 2.25. The molecule has 0 spiro atoms. The number of nitrogens with zero attached hydrogens (tertiary/aromatic N) is 3. The number of benzene rings is 1. The first-order valence-electron chi connectivity index (χ1n) is 11.4. The van der Waals surface area contributed by atoms with Crippen molar-refractivity contribution in [2.75, 3.05) is 41.0 Å². The number of ether oxygens (including phenoxy) is 3. The van der Waals surface area contributed by atoms with Crippen LogP contribution in [0.1, 0.15) is 28.2 Å². The molecule has 0 aliphatic heterocycles. The monoisotopic (exact) mass is 483 g/mol. The van der Waals surface area contributed by atoms with Gasteiger partial charge in [-0.3, -0.25) is 9.59 Å². The fourth-order valence-corrected chi connectivity index (χ4v) is 3.74. The fraction of sp³-hybridized carbons (Fsp3) is 0.385. The number of hydrogen-bond donors (Lipinski definition) is 0. The Kier molecular flexibility index (Phi) is 9.37. The van der Waals surface area contributed by atoms with Crippen molar-refractivity contribution < 1.29 is 28.2 Å². The zero-order chi connectivity index (χ0) is 25.2. The molecule has 9 nitrogen and oxygen atoms in total. The van der Waals surface area contributed by atoms with E-state index >= 15 is 0 Å². The molecule has 0 bridgehead atoms. The van der Waals surface area contributed by atoms with Gasteiger partial charge in [0.2, 0.25) is 5.91 Å². The van der Waals surface area contributed by atoms with E-state index in [9.17, 15) is 9.59 Å². The molecule has 0 N–H and O–H groups in total. The number of aryl methyl sites for hydroxylation is 1. The lowest BCUT2D eigenvalue weighted by molar-refractivity contribution is -0.133. The Morgan fingerprint density at radius 2 is 1.83 bits per heavy atom. The average molecular weight is 484 g/mol. The number of methoxy groups -OCH3 is 3. The smallest absolute Gasteiger partial charge is 0.258 e. The van der Waals surface area contributed by atoms with Gasteiger partial charge < -0.3 is 33.0 Å². The maximum atomic E-state index is 13.5.